The molecule has 3 aromatic rings. The van der Waals surface area contributed by atoms with Gasteiger partial charge in [-0.25, -0.2) is 0 Å². The third-order valence-electron chi connectivity index (χ3n) is 4.72. The molecule has 0 bridgehead atoms. The summed E-state index contributed by atoms with van der Waals surface area (Å²) in [5.41, 5.74) is 7.53. The average Bonchev–Trinajstić information content (AvgIpc) is 2.78. The van der Waals surface area contributed by atoms with Crippen LogP contribution in [0.1, 0.15) is 24.5 Å². The Kier molecular flexibility index (Phi) is 7.67. The van der Waals surface area contributed by atoms with Crippen LogP contribution < -0.4 is 15.8 Å². The molecule has 0 aliphatic carbocycles. The lowest BCUT2D eigenvalue weighted by Gasteiger charge is -2.24. The van der Waals surface area contributed by atoms with Crippen molar-refractivity contribution < 1.29 is 19.7 Å². The van der Waals surface area contributed by atoms with Crippen LogP contribution in [-0.2, 0) is 4.79 Å². The number of nitrogens with one attached hydrogen (secondary N) is 1. The number of carbonyl (C=O) groups is 1. The molecule has 160 valence electrons. The lowest BCUT2D eigenvalue weighted by atomic mass is 10.00. The van der Waals surface area contributed by atoms with Crippen LogP contribution >= 0.6 is 0 Å². The van der Waals surface area contributed by atoms with Gasteiger partial charge in [0, 0.05) is 0 Å². The number of phenols is 1. The third kappa shape index (κ3) is 6.62. The highest BCUT2D eigenvalue weighted by atomic mass is 16.5. The van der Waals surface area contributed by atoms with Gasteiger partial charge >= 0.3 is 0 Å². The minimum Gasteiger partial charge on any atom is -0.508 e. The molecule has 0 aliphatic heterocycles. The summed E-state index contributed by atoms with van der Waals surface area (Å²) in [5, 5.41) is 23.1. The van der Waals surface area contributed by atoms with Crippen molar-refractivity contribution in [1.29, 1.82) is 0 Å². The Morgan fingerprint density at radius 2 is 1.68 bits per heavy atom. The molecule has 0 aromatic heterocycles. The Balaban J connectivity index is 1.62. The van der Waals surface area contributed by atoms with Gasteiger partial charge in [-0.1, -0.05) is 48.5 Å². The van der Waals surface area contributed by atoms with Crippen molar-refractivity contribution in [3.05, 3.63) is 96.6 Å². The number of amides is 1. The van der Waals surface area contributed by atoms with Gasteiger partial charge in [-0.2, -0.15) is 0 Å². The molecule has 6 heteroatoms. The minimum absolute atomic E-state index is 0.129. The number of benzene rings is 3. The van der Waals surface area contributed by atoms with Gasteiger partial charge in [0.1, 0.15) is 23.7 Å². The van der Waals surface area contributed by atoms with Crippen LogP contribution in [0.15, 0.2) is 91.0 Å². The summed E-state index contributed by atoms with van der Waals surface area (Å²) in [4.78, 5) is 12.1. The predicted molar refractivity (Wildman–Crippen MR) is 122 cm³/mol. The van der Waals surface area contributed by atoms with Gasteiger partial charge in [0.25, 0.3) is 0 Å². The van der Waals surface area contributed by atoms with Crippen LogP contribution in [0, 0.1) is 0 Å². The summed E-state index contributed by atoms with van der Waals surface area (Å²) in [6, 6.07) is 22.7. The Hall–Kier alpha value is -3.77. The third-order valence-corrected chi connectivity index (χ3v) is 4.72. The van der Waals surface area contributed by atoms with E-state index in [0.29, 0.717) is 35.5 Å². The molecule has 3 aromatic carbocycles. The zero-order valence-electron chi connectivity index (χ0n) is 17.0. The summed E-state index contributed by atoms with van der Waals surface area (Å²) >= 11 is 0. The highest BCUT2D eigenvalue weighted by Gasteiger charge is 2.22. The molecular formula is C25H26N2O4. The largest absolute Gasteiger partial charge is 0.508 e. The van der Waals surface area contributed by atoms with E-state index in [0.717, 1.165) is 0 Å². The van der Waals surface area contributed by atoms with Gasteiger partial charge in [-0.3, -0.25) is 4.79 Å². The molecule has 0 radical (unpaired) electrons. The van der Waals surface area contributed by atoms with Gasteiger partial charge in [0.2, 0.25) is 5.91 Å². The second-order valence-electron chi connectivity index (χ2n) is 7.06. The van der Waals surface area contributed by atoms with E-state index in [1.54, 1.807) is 42.5 Å². The molecule has 3 rings (SSSR count). The van der Waals surface area contributed by atoms with Crippen molar-refractivity contribution in [2.75, 3.05) is 11.1 Å². The first kappa shape index (κ1) is 21.9. The molecule has 0 heterocycles. The van der Waals surface area contributed by atoms with Crippen molar-refractivity contribution in [1.82, 2.24) is 0 Å². The lowest BCUT2D eigenvalue weighted by Crippen LogP contribution is -2.25. The normalized spacial score (nSPS) is 12.9. The molecule has 1 amide bonds. The van der Waals surface area contributed by atoms with Crippen LogP contribution in [0.25, 0.3) is 0 Å². The smallest absolute Gasteiger partial charge is 0.248 e. The maximum Gasteiger partial charge on any atom is 0.248 e. The number of ether oxygens (including phenoxy) is 1. The van der Waals surface area contributed by atoms with E-state index in [-0.39, 0.29) is 11.7 Å². The summed E-state index contributed by atoms with van der Waals surface area (Å²) in [6.45, 7) is 0. The number of hydrogen-bond acceptors (Lipinski definition) is 5. The summed E-state index contributed by atoms with van der Waals surface area (Å²) in [6.07, 6.45) is 2.74. The van der Waals surface area contributed by atoms with Gasteiger partial charge < -0.3 is 26.0 Å². The summed E-state index contributed by atoms with van der Waals surface area (Å²) in [5.74, 6) is 0.494. The second kappa shape index (κ2) is 10.8. The van der Waals surface area contributed by atoms with Crippen LogP contribution in [0.2, 0.25) is 0 Å². The maximum absolute atomic E-state index is 12.1. The van der Waals surface area contributed by atoms with Crippen molar-refractivity contribution >= 4 is 17.3 Å². The maximum atomic E-state index is 12.1. The first-order chi connectivity index (χ1) is 15.0. The molecule has 0 fully saturated rings. The fourth-order valence-corrected chi connectivity index (χ4v) is 3.08. The molecular weight excluding hydrogens is 392 g/mol. The zero-order chi connectivity index (χ0) is 22.1. The Labute approximate surface area is 181 Å². The fourth-order valence-electron chi connectivity index (χ4n) is 3.08. The second-order valence-corrected chi connectivity index (χ2v) is 7.06. The van der Waals surface area contributed by atoms with Crippen molar-refractivity contribution in [2.45, 2.75) is 25.0 Å². The number of allylic oxidation sites excluding steroid dienone is 1. The highest BCUT2D eigenvalue weighted by molar-refractivity contribution is 6.01. The molecule has 31 heavy (non-hydrogen) atoms. The van der Waals surface area contributed by atoms with Gasteiger partial charge in [0.05, 0.1) is 11.4 Å². The first-order valence-corrected chi connectivity index (χ1v) is 10.0. The van der Waals surface area contributed by atoms with Crippen molar-refractivity contribution in [3.63, 3.8) is 0 Å². The van der Waals surface area contributed by atoms with Gasteiger partial charge in [0.15, 0.2) is 0 Å². The number of hydrogen-bond donors (Lipinski definition) is 4. The number of aliphatic hydroxyl groups is 1. The van der Waals surface area contributed by atoms with Crippen LogP contribution in [0.4, 0.5) is 11.4 Å². The minimum atomic E-state index is -0.896. The number of nitrogen functional groups attached to an aromatic ring is 1. The average molecular weight is 418 g/mol. The first-order valence-electron chi connectivity index (χ1n) is 10.0. The number of aliphatic hydroxyl groups excluding tert-OH is 1. The SMILES string of the molecule is Nc1ccccc1NC(=O)/C=C/CC[C@H](Oc1ccccc1)[C@@H](O)c1ccc(O)cc1. The summed E-state index contributed by atoms with van der Waals surface area (Å²) in [7, 11) is 0. The van der Waals surface area contributed by atoms with E-state index in [4.69, 9.17) is 10.5 Å². The number of rotatable bonds is 9. The molecule has 6 nitrogen and oxygen atoms in total. The van der Waals surface area contributed by atoms with Gasteiger partial charge in [-0.05, 0) is 60.9 Å². The van der Waals surface area contributed by atoms with Crippen molar-refractivity contribution in [3.8, 4) is 11.5 Å². The topological polar surface area (TPSA) is 105 Å². The lowest BCUT2D eigenvalue weighted by molar-refractivity contribution is -0.111. The molecule has 2 atom stereocenters. The van der Waals surface area contributed by atoms with Crippen LogP contribution in [0.3, 0.4) is 0 Å². The number of aromatic hydroxyl groups is 1. The summed E-state index contributed by atoms with van der Waals surface area (Å²) < 4.78 is 6.02. The Bertz CT molecular complexity index is 1000. The van der Waals surface area contributed by atoms with Crippen LogP contribution in [0.5, 0.6) is 11.5 Å². The quantitative estimate of drug-likeness (QED) is 0.304. The number of nitrogens with two attached hydrogens (primary N) is 1. The zero-order valence-corrected chi connectivity index (χ0v) is 17.0. The highest BCUT2D eigenvalue weighted by Crippen LogP contribution is 2.26. The van der Waals surface area contributed by atoms with Crippen molar-refractivity contribution in [2.24, 2.45) is 0 Å². The monoisotopic (exact) mass is 418 g/mol. The van der Waals surface area contributed by atoms with Gasteiger partial charge in [-0.15, -0.1) is 0 Å². The Morgan fingerprint density at radius 1 is 1.00 bits per heavy atom. The number of carbonyl (C=O) groups excluding carboxylic acids is 1. The fraction of sp³-hybridized carbons (Fsp3) is 0.160. The molecule has 0 aliphatic rings. The van der Waals surface area contributed by atoms with E-state index in [1.807, 2.05) is 30.3 Å². The van der Waals surface area contributed by atoms with E-state index >= 15 is 0 Å². The molecule has 0 saturated carbocycles. The molecule has 0 spiro atoms. The van der Waals surface area contributed by atoms with E-state index in [1.165, 1.54) is 18.2 Å². The van der Waals surface area contributed by atoms with Crippen LogP contribution in [-0.4, -0.2) is 22.2 Å². The predicted octanol–water partition coefficient (Wildman–Crippen LogP) is 4.43. The molecule has 0 unspecified atom stereocenters. The standard InChI is InChI=1S/C25H26N2O4/c26-21-10-4-5-11-22(21)27-24(29)13-7-6-12-23(31-20-8-2-1-3-9-20)25(30)18-14-16-19(28)17-15-18/h1-5,7-11,13-17,23,25,28,30H,6,12,26H2,(H,27,29)/b13-7+/t23-,25-/m0/s1. The number of anilines is 2. The Morgan fingerprint density at radius 3 is 2.39 bits per heavy atom. The number of para-hydroxylation sites is 3. The number of phenolic OH excluding ortho intramolecular Hbond substituents is 1. The van der Waals surface area contributed by atoms with E-state index < -0.39 is 12.2 Å². The van der Waals surface area contributed by atoms with E-state index in [9.17, 15) is 15.0 Å². The molecule has 5 N–H and O–H groups in total. The molecule has 0 saturated heterocycles. The van der Waals surface area contributed by atoms with E-state index in [2.05, 4.69) is 5.32 Å².